The number of amides is 2. The van der Waals surface area contributed by atoms with E-state index >= 15 is 0 Å². The Morgan fingerprint density at radius 3 is 2.69 bits per heavy atom. The van der Waals surface area contributed by atoms with Gasteiger partial charge in [-0.15, -0.1) is 11.8 Å². The number of furan rings is 1. The van der Waals surface area contributed by atoms with Crippen molar-refractivity contribution in [3.05, 3.63) is 59.5 Å². The normalized spacial score (nSPS) is 19.5. The summed E-state index contributed by atoms with van der Waals surface area (Å²) >= 11 is 1.59. The standard InChI is InChI=1S/C20H24N2O3S/c1-3-4-10-21-18(23)17-13-26-20(16-9-11-25-12-16)22(17)19(24)15-7-5-14(2)6-8-15/h5-9,11-12,17,20H,3-4,10,13H2,1-2H3,(H,21,23). The molecular weight excluding hydrogens is 348 g/mol. The molecule has 1 aliphatic rings. The van der Waals surface area contributed by atoms with Crippen molar-refractivity contribution in [2.75, 3.05) is 12.3 Å². The first kappa shape index (κ1) is 18.6. The number of nitrogens with one attached hydrogen (secondary N) is 1. The van der Waals surface area contributed by atoms with E-state index in [1.54, 1.807) is 29.2 Å². The van der Waals surface area contributed by atoms with Crippen LogP contribution in [0.1, 0.15) is 46.6 Å². The van der Waals surface area contributed by atoms with Crippen molar-refractivity contribution in [3.63, 3.8) is 0 Å². The van der Waals surface area contributed by atoms with Crippen LogP contribution in [-0.4, -0.2) is 35.1 Å². The summed E-state index contributed by atoms with van der Waals surface area (Å²) < 4.78 is 5.20. The van der Waals surface area contributed by atoms with Gasteiger partial charge in [0.2, 0.25) is 5.91 Å². The fourth-order valence-electron chi connectivity index (χ4n) is 2.98. The van der Waals surface area contributed by atoms with Gasteiger partial charge in [0.15, 0.2) is 0 Å². The largest absolute Gasteiger partial charge is 0.472 e. The van der Waals surface area contributed by atoms with Crippen LogP contribution in [0, 0.1) is 6.92 Å². The molecule has 2 aromatic rings. The Morgan fingerprint density at radius 1 is 1.27 bits per heavy atom. The molecule has 0 aliphatic carbocycles. The van der Waals surface area contributed by atoms with Gasteiger partial charge in [0.05, 0.1) is 12.5 Å². The number of carbonyl (C=O) groups excluding carboxylic acids is 2. The van der Waals surface area contributed by atoms with Crippen molar-refractivity contribution < 1.29 is 14.0 Å². The molecule has 0 radical (unpaired) electrons. The summed E-state index contributed by atoms with van der Waals surface area (Å²) in [6.45, 7) is 4.71. The summed E-state index contributed by atoms with van der Waals surface area (Å²) in [5.41, 5.74) is 2.59. The molecule has 2 unspecified atom stereocenters. The Hall–Kier alpha value is -2.21. The Kier molecular flexibility index (Phi) is 6.04. The molecule has 1 aromatic carbocycles. The molecule has 0 saturated carbocycles. The van der Waals surface area contributed by atoms with Gasteiger partial charge >= 0.3 is 0 Å². The van der Waals surface area contributed by atoms with Gasteiger partial charge < -0.3 is 14.6 Å². The second-order valence-corrected chi connectivity index (χ2v) is 7.59. The summed E-state index contributed by atoms with van der Waals surface area (Å²) in [5, 5.41) is 2.75. The van der Waals surface area contributed by atoms with Crippen molar-refractivity contribution in [3.8, 4) is 0 Å². The number of carbonyl (C=O) groups is 2. The van der Waals surface area contributed by atoms with Crippen molar-refractivity contribution in [2.24, 2.45) is 0 Å². The molecule has 1 aliphatic heterocycles. The third-order valence-electron chi connectivity index (χ3n) is 4.49. The Labute approximate surface area is 158 Å². The summed E-state index contributed by atoms with van der Waals surface area (Å²) in [6, 6.07) is 8.84. The second kappa shape index (κ2) is 8.45. The van der Waals surface area contributed by atoms with Gasteiger partial charge in [0, 0.05) is 23.4 Å². The quantitative estimate of drug-likeness (QED) is 0.784. The summed E-state index contributed by atoms with van der Waals surface area (Å²) in [6.07, 6.45) is 5.19. The fraction of sp³-hybridized carbons (Fsp3) is 0.400. The zero-order valence-corrected chi connectivity index (χ0v) is 15.9. The molecule has 1 fully saturated rings. The molecule has 2 heterocycles. The number of hydrogen-bond donors (Lipinski definition) is 1. The second-order valence-electron chi connectivity index (χ2n) is 6.48. The van der Waals surface area contributed by atoms with E-state index < -0.39 is 6.04 Å². The van der Waals surface area contributed by atoms with Gasteiger partial charge in [-0.1, -0.05) is 31.0 Å². The predicted molar refractivity (Wildman–Crippen MR) is 103 cm³/mol. The van der Waals surface area contributed by atoms with Crippen LogP contribution in [0.3, 0.4) is 0 Å². The lowest BCUT2D eigenvalue weighted by Crippen LogP contribution is -2.48. The SMILES string of the molecule is CCCCNC(=O)C1CSC(c2ccoc2)N1C(=O)c1ccc(C)cc1. The predicted octanol–water partition coefficient (Wildman–Crippen LogP) is 3.76. The van der Waals surface area contributed by atoms with Crippen LogP contribution in [0.4, 0.5) is 0 Å². The average molecular weight is 372 g/mol. The van der Waals surface area contributed by atoms with E-state index in [-0.39, 0.29) is 17.2 Å². The molecule has 3 rings (SSSR count). The minimum absolute atomic E-state index is 0.0857. The van der Waals surface area contributed by atoms with E-state index in [0.29, 0.717) is 17.9 Å². The molecule has 2 amide bonds. The third kappa shape index (κ3) is 3.96. The zero-order chi connectivity index (χ0) is 18.5. The topological polar surface area (TPSA) is 62.6 Å². The lowest BCUT2D eigenvalue weighted by atomic mass is 10.1. The molecule has 5 nitrogen and oxygen atoms in total. The highest BCUT2D eigenvalue weighted by molar-refractivity contribution is 7.99. The van der Waals surface area contributed by atoms with Crippen molar-refractivity contribution >= 4 is 23.6 Å². The van der Waals surface area contributed by atoms with E-state index in [9.17, 15) is 9.59 Å². The maximum absolute atomic E-state index is 13.2. The molecule has 26 heavy (non-hydrogen) atoms. The first-order chi connectivity index (χ1) is 12.6. The Bertz CT molecular complexity index is 743. The Morgan fingerprint density at radius 2 is 2.04 bits per heavy atom. The van der Waals surface area contributed by atoms with Crippen LogP contribution < -0.4 is 5.32 Å². The maximum atomic E-state index is 13.2. The van der Waals surface area contributed by atoms with Crippen LogP contribution >= 0.6 is 11.8 Å². The molecule has 0 spiro atoms. The molecular formula is C20H24N2O3S. The molecule has 1 aromatic heterocycles. The monoisotopic (exact) mass is 372 g/mol. The number of rotatable bonds is 6. The number of nitrogens with zero attached hydrogens (tertiary/aromatic N) is 1. The van der Waals surface area contributed by atoms with Crippen LogP contribution in [0.25, 0.3) is 0 Å². The fourth-order valence-corrected chi connectivity index (χ4v) is 4.39. The molecule has 2 atom stereocenters. The van der Waals surface area contributed by atoms with E-state index in [4.69, 9.17) is 4.42 Å². The van der Waals surface area contributed by atoms with Gasteiger partial charge in [-0.3, -0.25) is 9.59 Å². The van der Waals surface area contributed by atoms with E-state index in [2.05, 4.69) is 12.2 Å². The summed E-state index contributed by atoms with van der Waals surface area (Å²) in [4.78, 5) is 27.6. The minimum Gasteiger partial charge on any atom is -0.472 e. The van der Waals surface area contributed by atoms with Crippen molar-refractivity contribution in [2.45, 2.75) is 38.1 Å². The number of thioether (sulfide) groups is 1. The number of unbranched alkanes of at least 4 members (excludes halogenated alkanes) is 1. The molecule has 1 saturated heterocycles. The van der Waals surface area contributed by atoms with E-state index in [0.717, 1.165) is 24.0 Å². The molecule has 1 N–H and O–H groups in total. The first-order valence-electron chi connectivity index (χ1n) is 8.92. The van der Waals surface area contributed by atoms with Crippen LogP contribution in [0.15, 0.2) is 47.3 Å². The molecule has 138 valence electrons. The van der Waals surface area contributed by atoms with Crippen LogP contribution in [0.2, 0.25) is 0 Å². The Balaban J connectivity index is 1.85. The third-order valence-corrected chi connectivity index (χ3v) is 5.82. The highest BCUT2D eigenvalue weighted by Crippen LogP contribution is 2.42. The maximum Gasteiger partial charge on any atom is 0.255 e. The van der Waals surface area contributed by atoms with Crippen molar-refractivity contribution in [1.29, 1.82) is 0 Å². The lowest BCUT2D eigenvalue weighted by Gasteiger charge is -2.28. The number of hydrogen-bond acceptors (Lipinski definition) is 4. The first-order valence-corrected chi connectivity index (χ1v) is 9.97. The van der Waals surface area contributed by atoms with Gasteiger partial charge in [-0.25, -0.2) is 0 Å². The minimum atomic E-state index is -0.481. The number of aryl methyl sites for hydroxylation is 1. The lowest BCUT2D eigenvalue weighted by molar-refractivity contribution is -0.124. The zero-order valence-electron chi connectivity index (χ0n) is 15.1. The summed E-state index contributed by atoms with van der Waals surface area (Å²) in [7, 11) is 0. The smallest absolute Gasteiger partial charge is 0.255 e. The molecule has 6 heteroatoms. The van der Waals surface area contributed by atoms with Crippen LogP contribution in [-0.2, 0) is 4.79 Å². The van der Waals surface area contributed by atoms with Crippen LogP contribution in [0.5, 0.6) is 0 Å². The van der Waals surface area contributed by atoms with Gasteiger partial charge in [0.1, 0.15) is 11.4 Å². The van der Waals surface area contributed by atoms with E-state index in [1.807, 2.05) is 37.3 Å². The van der Waals surface area contributed by atoms with Gasteiger partial charge in [-0.05, 0) is 31.5 Å². The van der Waals surface area contributed by atoms with Crippen molar-refractivity contribution in [1.82, 2.24) is 10.2 Å². The average Bonchev–Trinajstić information content (AvgIpc) is 3.31. The van der Waals surface area contributed by atoms with Gasteiger partial charge in [-0.2, -0.15) is 0 Å². The molecule has 0 bridgehead atoms. The highest BCUT2D eigenvalue weighted by Gasteiger charge is 2.42. The van der Waals surface area contributed by atoms with E-state index in [1.165, 1.54) is 0 Å². The highest BCUT2D eigenvalue weighted by atomic mass is 32.2. The van der Waals surface area contributed by atoms with Gasteiger partial charge in [0.25, 0.3) is 5.91 Å². The summed E-state index contributed by atoms with van der Waals surface area (Å²) in [5.74, 6) is 0.361. The number of benzene rings is 1.